The molecule has 1 atom stereocenters. The lowest BCUT2D eigenvalue weighted by Gasteiger charge is -2.25. The number of likely N-dealkylation sites (N-methyl/N-ethyl adjacent to an activating group) is 1. The van der Waals surface area contributed by atoms with Gasteiger partial charge in [0.15, 0.2) is 0 Å². The van der Waals surface area contributed by atoms with Crippen LogP contribution < -0.4 is 5.32 Å². The van der Waals surface area contributed by atoms with Gasteiger partial charge in [0.2, 0.25) is 5.91 Å². The zero-order valence-corrected chi connectivity index (χ0v) is 13.2. The summed E-state index contributed by atoms with van der Waals surface area (Å²) >= 11 is 0. The Bertz CT molecular complexity index is 579. The Hall–Kier alpha value is -2.28. The van der Waals surface area contributed by atoms with E-state index in [4.69, 9.17) is 0 Å². The first-order valence-corrected chi connectivity index (χ1v) is 7.33. The van der Waals surface area contributed by atoms with Crippen LogP contribution in [-0.4, -0.2) is 51.7 Å². The summed E-state index contributed by atoms with van der Waals surface area (Å²) in [4.78, 5) is 14.0. The quantitative estimate of drug-likeness (QED) is 0.813. The van der Waals surface area contributed by atoms with Gasteiger partial charge in [0.25, 0.3) is 0 Å². The molecule has 2 rings (SSSR count). The molecule has 1 unspecified atom stereocenters. The van der Waals surface area contributed by atoms with E-state index in [-0.39, 0.29) is 18.5 Å². The van der Waals surface area contributed by atoms with Gasteiger partial charge in [-0.15, -0.1) is 5.10 Å². The van der Waals surface area contributed by atoms with E-state index in [1.165, 1.54) is 22.1 Å². The van der Waals surface area contributed by atoms with Crippen molar-refractivity contribution in [3.05, 3.63) is 41.7 Å². The average Bonchev–Trinajstić information content (AvgIpc) is 3.00. The van der Waals surface area contributed by atoms with E-state index in [0.29, 0.717) is 6.54 Å². The highest BCUT2D eigenvalue weighted by Gasteiger charge is 2.15. The van der Waals surface area contributed by atoms with Crippen LogP contribution in [0, 0.1) is 0 Å². The van der Waals surface area contributed by atoms with E-state index < -0.39 is 0 Å². The van der Waals surface area contributed by atoms with Crippen LogP contribution in [0.2, 0.25) is 0 Å². The standard InChI is InChI=1S/C15H22N6O/c1-4-12-5-7-13(8-6-12)14(20(2)3)9-16-15(22)10-21-11-17-18-19-21/h5-8,11,14H,4,9-10H2,1-3H3,(H,16,22). The summed E-state index contributed by atoms with van der Waals surface area (Å²) in [7, 11) is 4.01. The summed E-state index contributed by atoms with van der Waals surface area (Å²) in [5.74, 6) is -0.107. The second kappa shape index (κ2) is 7.65. The number of nitrogens with zero attached hydrogens (tertiary/aromatic N) is 5. The molecule has 0 saturated heterocycles. The van der Waals surface area contributed by atoms with Crippen molar-refractivity contribution in [1.82, 2.24) is 30.4 Å². The van der Waals surface area contributed by atoms with Crippen LogP contribution in [0.25, 0.3) is 0 Å². The first kappa shape index (κ1) is 16.1. The third-order valence-electron chi connectivity index (χ3n) is 3.59. The average molecular weight is 302 g/mol. The van der Waals surface area contributed by atoms with Crippen molar-refractivity contribution in [2.45, 2.75) is 25.9 Å². The third-order valence-corrected chi connectivity index (χ3v) is 3.59. The van der Waals surface area contributed by atoms with Gasteiger partial charge >= 0.3 is 0 Å². The fourth-order valence-corrected chi connectivity index (χ4v) is 2.24. The minimum atomic E-state index is -0.107. The van der Waals surface area contributed by atoms with Crippen LogP contribution in [0.5, 0.6) is 0 Å². The van der Waals surface area contributed by atoms with Crippen molar-refractivity contribution >= 4 is 5.91 Å². The maximum absolute atomic E-state index is 11.9. The summed E-state index contributed by atoms with van der Waals surface area (Å²) < 4.78 is 1.40. The molecule has 0 aliphatic carbocycles. The number of hydrogen-bond donors (Lipinski definition) is 1. The summed E-state index contributed by atoms with van der Waals surface area (Å²) in [5.41, 5.74) is 2.49. The number of rotatable bonds is 7. The van der Waals surface area contributed by atoms with E-state index in [0.717, 1.165) is 6.42 Å². The highest BCUT2D eigenvalue weighted by Crippen LogP contribution is 2.18. The van der Waals surface area contributed by atoms with Crippen molar-refractivity contribution in [3.63, 3.8) is 0 Å². The van der Waals surface area contributed by atoms with Gasteiger partial charge in [-0.2, -0.15) is 0 Å². The van der Waals surface area contributed by atoms with Crippen molar-refractivity contribution in [3.8, 4) is 0 Å². The molecule has 1 amide bonds. The molecule has 0 spiro atoms. The van der Waals surface area contributed by atoms with Gasteiger partial charge in [-0.3, -0.25) is 4.79 Å². The fourth-order valence-electron chi connectivity index (χ4n) is 2.24. The molecule has 0 radical (unpaired) electrons. The molecular formula is C15H22N6O. The van der Waals surface area contributed by atoms with Gasteiger partial charge in [-0.25, -0.2) is 4.68 Å². The Kier molecular flexibility index (Phi) is 5.60. The van der Waals surface area contributed by atoms with Crippen LogP contribution in [0.4, 0.5) is 0 Å². The Morgan fingerprint density at radius 3 is 2.59 bits per heavy atom. The lowest BCUT2D eigenvalue weighted by molar-refractivity contribution is -0.122. The van der Waals surface area contributed by atoms with E-state index in [1.807, 2.05) is 14.1 Å². The fraction of sp³-hybridized carbons (Fsp3) is 0.467. The Morgan fingerprint density at radius 1 is 1.32 bits per heavy atom. The Balaban J connectivity index is 1.95. The zero-order valence-electron chi connectivity index (χ0n) is 13.2. The number of nitrogens with one attached hydrogen (secondary N) is 1. The number of amides is 1. The second-order valence-electron chi connectivity index (χ2n) is 5.39. The van der Waals surface area contributed by atoms with Gasteiger partial charge in [0.05, 0.1) is 6.04 Å². The summed E-state index contributed by atoms with van der Waals surface area (Å²) in [6.45, 7) is 2.80. The molecule has 7 heteroatoms. The maximum atomic E-state index is 11.9. The lowest BCUT2D eigenvalue weighted by atomic mass is 10.0. The molecule has 0 fully saturated rings. The molecule has 1 aromatic heterocycles. The van der Waals surface area contributed by atoms with Crippen molar-refractivity contribution in [1.29, 1.82) is 0 Å². The number of aromatic nitrogens is 4. The highest BCUT2D eigenvalue weighted by molar-refractivity contribution is 5.75. The molecule has 7 nitrogen and oxygen atoms in total. The second-order valence-corrected chi connectivity index (χ2v) is 5.39. The molecule has 0 bridgehead atoms. The lowest BCUT2D eigenvalue weighted by Crippen LogP contribution is -2.36. The molecule has 22 heavy (non-hydrogen) atoms. The van der Waals surface area contributed by atoms with E-state index in [2.05, 4.69) is 56.9 Å². The maximum Gasteiger partial charge on any atom is 0.241 e. The Morgan fingerprint density at radius 2 is 2.05 bits per heavy atom. The number of aryl methyl sites for hydroxylation is 1. The largest absolute Gasteiger partial charge is 0.353 e. The molecule has 2 aromatic rings. The van der Waals surface area contributed by atoms with Gasteiger partial charge in [-0.1, -0.05) is 31.2 Å². The molecular weight excluding hydrogens is 280 g/mol. The van der Waals surface area contributed by atoms with Crippen molar-refractivity contribution in [2.24, 2.45) is 0 Å². The van der Waals surface area contributed by atoms with Crippen LogP contribution in [0.1, 0.15) is 24.1 Å². The normalized spacial score (nSPS) is 12.4. The highest BCUT2D eigenvalue weighted by atomic mass is 16.2. The number of hydrogen-bond acceptors (Lipinski definition) is 5. The van der Waals surface area contributed by atoms with Crippen LogP contribution in [0.15, 0.2) is 30.6 Å². The molecule has 118 valence electrons. The topological polar surface area (TPSA) is 75.9 Å². The molecule has 0 aliphatic heterocycles. The SMILES string of the molecule is CCc1ccc(C(CNC(=O)Cn2cnnn2)N(C)C)cc1. The van der Waals surface area contributed by atoms with E-state index in [9.17, 15) is 4.79 Å². The predicted molar refractivity (Wildman–Crippen MR) is 83.1 cm³/mol. The molecule has 1 N–H and O–H groups in total. The summed E-state index contributed by atoms with van der Waals surface area (Å²) in [5, 5.41) is 13.6. The Labute approximate surface area is 130 Å². The molecule has 0 saturated carbocycles. The van der Waals surface area contributed by atoms with Crippen LogP contribution >= 0.6 is 0 Å². The molecule has 0 aliphatic rings. The van der Waals surface area contributed by atoms with Crippen LogP contribution in [-0.2, 0) is 17.8 Å². The minimum absolute atomic E-state index is 0.107. The van der Waals surface area contributed by atoms with Crippen molar-refractivity contribution in [2.75, 3.05) is 20.6 Å². The minimum Gasteiger partial charge on any atom is -0.353 e. The molecule has 1 aromatic carbocycles. The number of carbonyl (C=O) groups is 1. The monoisotopic (exact) mass is 302 g/mol. The number of tetrazole rings is 1. The predicted octanol–water partition coefficient (Wildman–Crippen LogP) is 0.655. The molecule has 1 heterocycles. The third kappa shape index (κ3) is 4.36. The van der Waals surface area contributed by atoms with E-state index >= 15 is 0 Å². The summed E-state index contributed by atoms with van der Waals surface area (Å²) in [6.07, 6.45) is 2.45. The first-order chi connectivity index (χ1) is 10.6. The number of carbonyl (C=O) groups excluding carboxylic acids is 1. The van der Waals surface area contributed by atoms with Crippen LogP contribution in [0.3, 0.4) is 0 Å². The van der Waals surface area contributed by atoms with Gasteiger partial charge in [0.1, 0.15) is 12.9 Å². The first-order valence-electron chi connectivity index (χ1n) is 7.33. The zero-order chi connectivity index (χ0) is 15.9. The van der Waals surface area contributed by atoms with Gasteiger partial charge in [-0.05, 0) is 42.1 Å². The summed E-state index contributed by atoms with van der Waals surface area (Å²) in [6, 6.07) is 8.64. The van der Waals surface area contributed by atoms with Gasteiger partial charge in [0, 0.05) is 6.54 Å². The van der Waals surface area contributed by atoms with E-state index in [1.54, 1.807) is 0 Å². The number of benzene rings is 1. The smallest absolute Gasteiger partial charge is 0.241 e. The van der Waals surface area contributed by atoms with Crippen molar-refractivity contribution < 1.29 is 4.79 Å². The van der Waals surface area contributed by atoms with Gasteiger partial charge < -0.3 is 10.2 Å².